The third kappa shape index (κ3) is 3.38. The SMILES string of the molecule is COC(=O)c1ccccc1Sc1cc(C)c(C(=O)OC)c(C)c1N. The molecule has 0 spiro atoms. The molecule has 0 aromatic heterocycles. The molecule has 0 unspecified atom stereocenters. The Kier molecular flexibility index (Phi) is 5.51. The Hall–Kier alpha value is -2.47. The molecule has 126 valence electrons. The number of carbonyl (C=O) groups is 2. The standard InChI is InChI=1S/C18H19NO4S/c1-10-9-14(16(19)11(2)15(10)18(21)23-4)24-13-8-6-5-7-12(13)17(20)22-3/h5-9H,19H2,1-4H3. The maximum Gasteiger partial charge on any atom is 0.339 e. The molecule has 0 aliphatic carbocycles. The molecule has 2 rings (SSSR count). The minimum atomic E-state index is -0.414. The van der Waals surface area contributed by atoms with Crippen LogP contribution in [0, 0.1) is 13.8 Å². The maximum atomic E-state index is 11.9. The predicted octanol–water partition coefficient (Wildman–Crippen LogP) is 3.61. The van der Waals surface area contributed by atoms with Crippen molar-refractivity contribution in [2.45, 2.75) is 23.6 Å². The van der Waals surface area contributed by atoms with Crippen LogP contribution < -0.4 is 5.73 Å². The summed E-state index contributed by atoms with van der Waals surface area (Å²) in [6.07, 6.45) is 0. The van der Waals surface area contributed by atoms with Gasteiger partial charge in [-0.15, -0.1) is 0 Å². The van der Waals surface area contributed by atoms with Gasteiger partial charge in [0.15, 0.2) is 0 Å². The summed E-state index contributed by atoms with van der Waals surface area (Å²) in [4.78, 5) is 25.3. The molecule has 5 nitrogen and oxygen atoms in total. The van der Waals surface area contributed by atoms with Crippen molar-refractivity contribution in [1.29, 1.82) is 0 Å². The monoisotopic (exact) mass is 345 g/mol. The number of aryl methyl sites for hydroxylation is 1. The van der Waals surface area contributed by atoms with Crippen LogP contribution >= 0.6 is 11.8 Å². The third-order valence-electron chi connectivity index (χ3n) is 3.69. The Morgan fingerprint density at radius 3 is 2.25 bits per heavy atom. The summed E-state index contributed by atoms with van der Waals surface area (Å²) in [5.41, 5.74) is 9.08. The van der Waals surface area contributed by atoms with Gasteiger partial charge < -0.3 is 15.2 Å². The molecule has 24 heavy (non-hydrogen) atoms. The van der Waals surface area contributed by atoms with Crippen molar-refractivity contribution in [3.05, 3.63) is 52.6 Å². The van der Waals surface area contributed by atoms with Crippen LogP contribution in [0.4, 0.5) is 5.69 Å². The van der Waals surface area contributed by atoms with E-state index >= 15 is 0 Å². The number of nitrogen functional groups attached to an aromatic ring is 1. The second-order valence-corrected chi connectivity index (χ2v) is 6.27. The Balaban J connectivity index is 2.49. The molecule has 2 N–H and O–H groups in total. The van der Waals surface area contributed by atoms with E-state index in [0.717, 1.165) is 15.4 Å². The number of anilines is 1. The van der Waals surface area contributed by atoms with Gasteiger partial charge in [-0.25, -0.2) is 9.59 Å². The molecule has 0 aliphatic heterocycles. The number of ether oxygens (including phenoxy) is 2. The fourth-order valence-corrected chi connectivity index (χ4v) is 3.56. The number of benzene rings is 2. The topological polar surface area (TPSA) is 78.6 Å². The second kappa shape index (κ2) is 7.40. The fraction of sp³-hybridized carbons (Fsp3) is 0.222. The van der Waals surface area contributed by atoms with E-state index < -0.39 is 11.9 Å². The van der Waals surface area contributed by atoms with E-state index in [1.165, 1.54) is 26.0 Å². The molecular formula is C18H19NO4S. The summed E-state index contributed by atoms with van der Waals surface area (Å²) in [6, 6.07) is 8.97. The van der Waals surface area contributed by atoms with Crippen molar-refractivity contribution in [3.8, 4) is 0 Å². The summed E-state index contributed by atoms with van der Waals surface area (Å²) in [6.45, 7) is 3.61. The summed E-state index contributed by atoms with van der Waals surface area (Å²) >= 11 is 1.36. The summed E-state index contributed by atoms with van der Waals surface area (Å²) in [7, 11) is 2.68. The largest absolute Gasteiger partial charge is 0.465 e. The lowest BCUT2D eigenvalue weighted by molar-refractivity contribution is 0.0589. The number of esters is 2. The molecular weight excluding hydrogens is 326 g/mol. The number of carbonyl (C=O) groups excluding carboxylic acids is 2. The average Bonchev–Trinajstić information content (AvgIpc) is 2.59. The normalized spacial score (nSPS) is 10.3. The van der Waals surface area contributed by atoms with Crippen molar-refractivity contribution >= 4 is 29.4 Å². The van der Waals surface area contributed by atoms with Gasteiger partial charge in [-0.2, -0.15) is 0 Å². The molecule has 6 heteroatoms. The summed E-state index contributed by atoms with van der Waals surface area (Å²) in [5.74, 6) is -0.820. The van der Waals surface area contributed by atoms with Crippen molar-refractivity contribution in [2.75, 3.05) is 20.0 Å². The average molecular weight is 345 g/mol. The molecule has 0 aliphatic rings. The Morgan fingerprint density at radius 2 is 1.62 bits per heavy atom. The van der Waals surface area contributed by atoms with E-state index in [0.29, 0.717) is 22.4 Å². The Bertz CT molecular complexity index is 802. The lowest BCUT2D eigenvalue weighted by Gasteiger charge is -2.15. The lowest BCUT2D eigenvalue weighted by Crippen LogP contribution is -2.09. The first-order valence-corrected chi connectivity index (χ1v) is 8.05. The number of hydrogen-bond donors (Lipinski definition) is 1. The number of methoxy groups -OCH3 is 2. The third-order valence-corrected chi connectivity index (χ3v) is 4.82. The molecule has 0 saturated carbocycles. The minimum absolute atomic E-state index is 0.406. The predicted molar refractivity (Wildman–Crippen MR) is 93.6 cm³/mol. The van der Waals surface area contributed by atoms with Gasteiger partial charge in [0, 0.05) is 15.5 Å². The lowest BCUT2D eigenvalue weighted by atomic mass is 10.0. The molecule has 0 fully saturated rings. The molecule has 2 aromatic rings. The van der Waals surface area contributed by atoms with Gasteiger partial charge in [0.25, 0.3) is 0 Å². The van der Waals surface area contributed by atoms with E-state index in [1.807, 2.05) is 25.1 Å². The molecule has 0 radical (unpaired) electrons. The van der Waals surface area contributed by atoms with Crippen LogP contribution in [0.5, 0.6) is 0 Å². The van der Waals surface area contributed by atoms with Crippen LogP contribution in [0.3, 0.4) is 0 Å². The molecule has 0 amide bonds. The molecule has 0 bridgehead atoms. The zero-order chi connectivity index (χ0) is 17.9. The van der Waals surface area contributed by atoms with Gasteiger partial charge in [-0.3, -0.25) is 0 Å². The number of hydrogen-bond acceptors (Lipinski definition) is 6. The quantitative estimate of drug-likeness (QED) is 0.674. The van der Waals surface area contributed by atoms with Crippen molar-refractivity contribution < 1.29 is 19.1 Å². The van der Waals surface area contributed by atoms with Gasteiger partial charge in [0.05, 0.1) is 25.3 Å². The van der Waals surface area contributed by atoms with Crippen molar-refractivity contribution in [3.63, 3.8) is 0 Å². The molecule has 0 atom stereocenters. The first-order chi connectivity index (χ1) is 11.4. The van der Waals surface area contributed by atoms with Gasteiger partial charge in [-0.1, -0.05) is 23.9 Å². The Morgan fingerprint density at radius 1 is 1.00 bits per heavy atom. The molecule has 0 heterocycles. The van der Waals surface area contributed by atoms with E-state index in [9.17, 15) is 9.59 Å². The minimum Gasteiger partial charge on any atom is -0.465 e. The highest BCUT2D eigenvalue weighted by molar-refractivity contribution is 7.99. The van der Waals surface area contributed by atoms with Crippen LogP contribution in [-0.4, -0.2) is 26.2 Å². The maximum absolute atomic E-state index is 11.9. The first kappa shape index (κ1) is 17.9. The molecule has 2 aromatic carbocycles. The van der Waals surface area contributed by atoms with Gasteiger partial charge in [-0.05, 0) is 43.2 Å². The van der Waals surface area contributed by atoms with E-state index in [-0.39, 0.29) is 0 Å². The van der Waals surface area contributed by atoms with Crippen molar-refractivity contribution in [2.24, 2.45) is 0 Å². The van der Waals surface area contributed by atoms with Crippen LogP contribution in [-0.2, 0) is 9.47 Å². The van der Waals surface area contributed by atoms with Crippen molar-refractivity contribution in [1.82, 2.24) is 0 Å². The number of rotatable bonds is 4. The smallest absolute Gasteiger partial charge is 0.339 e. The summed E-state index contributed by atoms with van der Waals surface area (Å²) < 4.78 is 9.63. The molecule has 0 saturated heterocycles. The van der Waals surface area contributed by atoms with Crippen LogP contribution in [0.25, 0.3) is 0 Å². The zero-order valence-corrected chi connectivity index (χ0v) is 14.8. The van der Waals surface area contributed by atoms with Crippen LogP contribution in [0.1, 0.15) is 31.8 Å². The highest BCUT2D eigenvalue weighted by atomic mass is 32.2. The number of nitrogens with two attached hydrogens (primary N) is 1. The van der Waals surface area contributed by atoms with Gasteiger partial charge in [0.1, 0.15) is 0 Å². The van der Waals surface area contributed by atoms with E-state index in [4.69, 9.17) is 15.2 Å². The second-order valence-electron chi connectivity index (χ2n) is 5.19. The van der Waals surface area contributed by atoms with Gasteiger partial charge >= 0.3 is 11.9 Å². The van der Waals surface area contributed by atoms with Crippen LogP contribution in [0.2, 0.25) is 0 Å². The van der Waals surface area contributed by atoms with Gasteiger partial charge in [0.2, 0.25) is 0 Å². The van der Waals surface area contributed by atoms with E-state index in [1.54, 1.807) is 19.1 Å². The highest BCUT2D eigenvalue weighted by Gasteiger charge is 2.19. The summed E-state index contributed by atoms with van der Waals surface area (Å²) in [5, 5.41) is 0. The fourth-order valence-electron chi connectivity index (χ4n) is 2.42. The Labute approximate surface area is 145 Å². The van der Waals surface area contributed by atoms with Crippen LogP contribution in [0.15, 0.2) is 40.1 Å². The zero-order valence-electron chi connectivity index (χ0n) is 14.0. The highest BCUT2D eigenvalue weighted by Crippen LogP contribution is 2.38. The van der Waals surface area contributed by atoms with E-state index in [2.05, 4.69) is 0 Å². The first-order valence-electron chi connectivity index (χ1n) is 7.23.